The lowest BCUT2D eigenvalue weighted by atomic mass is 10.1. The van der Waals surface area contributed by atoms with Gasteiger partial charge in [-0.1, -0.05) is 36.4 Å². The average Bonchev–Trinajstić information content (AvgIpc) is 3.27. The minimum atomic E-state index is -1.10. The van der Waals surface area contributed by atoms with Gasteiger partial charge in [-0.2, -0.15) is 0 Å². The Morgan fingerprint density at radius 2 is 1.97 bits per heavy atom. The van der Waals surface area contributed by atoms with E-state index in [0.717, 1.165) is 22.7 Å². The van der Waals surface area contributed by atoms with Crippen molar-refractivity contribution in [2.24, 2.45) is 0 Å². The Kier molecular flexibility index (Phi) is 5.18. The van der Waals surface area contributed by atoms with Crippen molar-refractivity contribution < 1.29 is 18.7 Å². The average molecular weight is 409 g/mol. The van der Waals surface area contributed by atoms with E-state index in [4.69, 9.17) is 4.42 Å². The number of carbonyl (C=O) groups is 1. The van der Waals surface area contributed by atoms with Crippen molar-refractivity contribution >= 4 is 34.7 Å². The maximum absolute atomic E-state index is 14.1. The molecule has 146 valence electrons. The Hall–Kier alpha value is -3.39. The van der Waals surface area contributed by atoms with E-state index < -0.39 is 5.97 Å². The van der Waals surface area contributed by atoms with Crippen molar-refractivity contribution in [3.63, 3.8) is 0 Å². The van der Waals surface area contributed by atoms with Crippen molar-refractivity contribution in [2.45, 2.75) is 18.7 Å². The molecule has 0 atom stereocenters. The molecule has 0 saturated carbocycles. The minimum absolute atomic E-state index is 0.0439. The van der Waals surface area contributed by atoms with E-state index in [1.54, 1.807) is 31.2 Å². The summed E-state index contributed by atoms with van der Waals surface area (Å²) in [6.45, 7) is 1.97. The van der Waals surface area contributed by atoms with Crippen LogP contribution in [0.25, 0.3) is 17.0 Å². The van der Waals surface area contributed by atoms with Crippen LogP contribution in [0.3, 0.4) is 0 Å². The topological polar surface area (TPSA) is 81.2 Å². The van der Waals surface area contributed by atoms with Gasteiger partial charge in [0.05, 0.1) is 6.54 Å². The summed E-state index contributed by atoms with van der Waals surface area (Å²) >= 11 is 0.889. The van der Waals surface area contributed by atoms with E-state index >= 15 is 0 Å². The molecule has 0 radical (unpaired) electrons. The smallest absolute Gasteiger partial charge is 0.342 e. The van der Waals surface area contributed by atoms with Crippen LogP contribution < -0.4 is 0 Å². The molecular weight excluding hydrogens is 393 g/mol. The summed E-state index contributed by atoms with van der Waals surface area (Å²) in [5, 5.41) is 18.2. The quantitative estimate of drug-likeness (QED) is 0.366. The Morgan fingerprint density at radius 1 is 1.21 bits per heavy atom. The maximum atomic E-state index is 14.1. The summed E-state index contributed by atoms with van der Waals surface area (Å²) in [7, 11) is 0. The van der Waals surface area contributed by atoms with Gasteiger partial charge in [0.1, 0.15) is 10.7 Å². The van der Waals surface area contributed by atoms with Gasteiger partial charge in [0, 0.05) is 35.2 Å². The highest BCUT2D eigenvalue weighted by Crippen LogP contribution is 2.31. The fourth-order valence-corrected chi connectivity index (χ4v) is 3.73. The number of carboxylic acids is 1. The van der Waals surface area contributed by atoms with Gasteiger partial charge in [0.25, 0.3) is 5.22 Å². The molecule has 2 aromatic carbocycles. The van der Waals surface area contributed by atoms with Crippen LogP contribution in [0.5, 0.6) is 0 Å². The molecule has 6 nitrogen and oxygen atoms in total. The van der Waals surface area contributed by atoms with Gasteiger partial charge in [0.15, 0.2) is 0 Å². The predicted octanol–water partition coefficient (Wildman–Crippen LogP) is 4.74. The van der Waals surface area contributed by atoms with E-state index in [0.29, 0.717) is 23.6 Å². The van der Waals surface area contributed by atoms with Crippen LogP contribution in [-0.4, -0.2) is 25.8 Å². The van der Waals surface area contributed by atoms with Crippen LogP contribution in [0.1, 0.15) is 17.0 Å². The molecule has 29 heavy (non-hydrogen) atoms. The standard InChI is InChI=1S/C21H16FN3O3S/c1-13-23-24-21(28-13)29-19(20(26)27)10-15-12-25(18-9-5-3-7-16(15)18)11-14-6-2-4-8-17(14)22/h2-10,12H,11H2,1H3,(H,26,27)/b19-10-. The van der Waals surface area contributed by atoms with Gasteiger partial charge in [0.2, 0.25) is 5.89 Å². The first-order chi connectivity index (χ1) is 14.0. The molecule has 0 amide bonds. The molecule has 0 bridgehead atoms. The molecule has 0 aliphatic rings. The van der Waals surface area contributed by atoms with Crippen LogP contribution in [0.2, 0.25) is 0 Å². The SMILES string of the molecule is Cc1nnc(S/C(=C\c2cn(Cc3ccccc3F)c3ccccc23)C(=O)O)o1. The minimum Gasteiger partial charge on any atom is -0.477 e. The molecular formula is C21H16FN3O3S. The highest BCUT2D eigenvalue weighted by atomic mass is 32.2. The molecule has 0 fully saturated rings. The van der Waals surface area contributed by atoms with Crippen molar-refractivity contribution in [2.75, 3.05) is 0 Å². The zero-order valence-corrected chi connectivity index (χ0v) is 16.2. The zero-order chi connectivity index (χ0) is 20.4. The van der Waals surface area contributed by atoms with Crippen LogP contribution in [-0.2, 0) is 11.3 Å². The lowest BCUT2D eigenvalue weighted by Gasteiger charge is -2.06. The van der Waals surface area contributed by atoms with Crippen LogP contribution >= 0.6 is 11.8 Å². The molecule has 4 aromatic rings. The van der Waals surface area contributed by atoms with E-state index in [1.165, 1.54) is 6.07 Å². The van der Waals surface area contributed by atoms with E-state index in [1.807, 2.05) is 35.0 Å². The number of fused-ring (bicyclic) bond motifs is 1. The summed E-state index contributed by atoms with van der Waals surface area (Å²) in [6.07, 6.45) is 3.38. The number of halogens is 1. The van der Waals surface area contributed by atoms with Gasteiger partial charge in [-0.05, 0) is 30.0 Å². The first-order valence-corrected chi connectivity index (χ1v) is 9.57. The van der Waals surface area contributed by atoms with Gasteiger partial charge in [-0.3, -0.25) is 0 Å². The zero-order valence-electron chi connectivity index (χ0n) is 15.4. The molecule has 0 aliphatic heterocycles. The van der Waals surface area contributed by atoms with Crippen LogP contribution in [0.4, 0.5) is 4.39 Å². The molecule has 8 heteroatoms. The number of carboxylic acid groups (broad SMARTS) is 1. The molecule has 4 rings (SSSR count). The number of aliphatic carboxylic acids is 1. The van der Waals surface area contributed by atoms with Gasteiger partial charge >= 0.3 is 5.97 Å². The molecule has 0 saturated heterocycles. The second kappa shape index (κ2) is 7.92. The first kappa shape index (κ1) is 18.9. The second-order valence-electron chi connectivity index (χ2n) is 6.32. The predicted molar refractivity (Wildman–Crippen MR) is 108 cm³/mol. The molecule has 2 aromatic heterocycles. The molecule has 2 heterocycles. The molecule has 0 aliphatic carbocycles. The number of benzene rings is 2. The Balaban J connectivity index is 1.75. The fourth-order valence-electron chi connectivity index (χ4n) is 3.02. The Morgan fingerprint density at radius 3 is 2.69 bits per heavy atom. The number of aryl methyl sites for hydroxylation is 1. The summed E-state index contributed by atoms with van der Waals surface area (Å²) in [5.41, 5.74) is 2.14. The van der Waals surface area contributed by atoms with Crippen molar-refractivity contribution in [1.29, 1.82) is 0 Å². The van der Waals surface area contributed by atoms with Crippen LogP contribution in [0, 0.1) is 12.7 Å². The summed E-state index contributed by atoms with van der Waals surface area (Å²) < 4.78 is 21.3. The van der Waals surface area contributed by atoms with E-state index in [2.05, 4.69) is 10.2 Å². The number of rotatable bonds is 6. The first-order valence-electron chi connectivity index (χ1n) is 8.75. The second-order valence-corrected chi connectivity index (χ2v) is 7.32. The van der Waals surface area contributed by atoms with Crippen molar-refractivity contribution in [3.05, 3.63) is 82.5 Å². The molecule has 1 N–H and O–H groups in total. The number of para-hydroxylation sites is 1. The number of thioether (sulfide) groups is 1. The number of hydrogen-bond donors (Lipinski definition) is 1. The third-order valence-electron chi connectivity index (χ3n) is 4.32. The van der Waals surface area contributed by atoms with Gasteiger partial charge in [-0.15, -0.1) is 10.2 Å². The Bertz CT molecular complexity index is 1230. The maximum Gasteiger partial charge on any atom is 0.342 e. The van der Waals surface area contributed by atoms with Crippen molar-refractivity contribution in [3.8, 4) is 0 Å². The Labute approximate surface area is 169 Å². The van der Waals surface area contributed by atoms with Gasteiger partial charge < -0.3 is 14.1 Å². The number of aromatic nitrogens is 3. The lowest BCUT2D eigenvalue weighted by Crippen LogP contribution is -2.00. The summed E-state index contributed by atoms with van der Waals surface area (Å²) in [5.74, 6) is -1.02. The summed E-state index contributed by atoms with van der Waals surface area (Å²) in [6, 6.07) is 14.2. The van der Waals surface area contributed by atoms with E-state index in [-0.39, 0.29) is 15.9 Å². The third-order valence-corrected chi connectivity index (χ3v) is 5.17. The molecule has 0 unspecified atom stereocenters. The van der Waals surface area contributed by atoms with Gasteiger partial charge in [-0.25, -0.2) is 9.18 Å². The molecule has 0 spiro atoms. The normalized spacial score (nSPS) is 11.9. The third kappa shape index (κ3) is 4.07. The number of nitrogens with zero attached hydrogens (tertiary/aromatic N) is 3. The largest absolute Gasteiger partial charge is 0.477 e. The lowest BCUT2D eigenvalue weighted by molar-refractivity contribution is -0.131. The fraction of sp³-hybridized carbons (Fsp3) is 0.0952. The highest BCUT2D eigenvalue weighted by molar-refractivity contribution is 8.03. The monoisotopic (exact) mass is 409 g/mol. The van der Waals surface area contributed by atoms with Crippen molar-refractivity contribution in [1.82, 2.24) is 14.8 Å². The van der Waals surface area contributed by atoms with Crippen LogP contribution in [0.15, 0.2) is 69.3 Å². The number of hydrogen-bond acceptors (Lipinski definition) is 5. The summed E-state index contributed by atoms with van der Waals surface area (Å²) in [4.78, 5) is 11.8. The van der Waals surface area contributed by atoms with E-state index in [9.17, 15) is 14.3 Å². The highest BCUT2D eigenvalue weighted by Gasteiger charge is 2.16.